The molecule has 2 rings (SSSR count). The van der Waals surface area contributed by atoms with Crippen molar-refractivity contribution in [3.05, 3.63) is 51.1 Å². The van der Waals surface area contributed by atoms with Gasteiger partial charge in [0.1, 0.15) is 5.75 Å². The van der Waals surface area contributed by atoms with Crippen molar-refractivity contribution in [1.82, 2.24) is 4.98 Å². The number of hydrogen-bond donors (Lipinski definition) is 0. The van der Waals surface area contributed by atoms with Gasteiger partial charge in [0.2, 0.25) is 0 Å². The molecule has 1 aromatic carbocycles. The third-order valence-electron chi connectivity index (χ3n) is 2.46. The molecule has 0 amide bonds. The van der Waals surface area contributed by atoms with Crippen LogP contribution in [0.15, 0.2) is 45.9 Å². The van der Waals surface area contributed by atoms with Gasteiger partial charge in [-0.05, 0) is 40.2 Å². The molecule has 0 bridgehead atoms. The van der Waals surface area contributed by atoms with E-state index in [2.05, 4.69) is 20.9 Å². The Labute approximate surface area is 128 Å². The number of ether oxygens (including phenoxy) is 1. The molecule has 0 radical (unpaired) electrons. The van der Waals surface area contributed by atoms with Gasteiger partial charge in [-0.1, -0.05) is 0 Å². The van der Waals surface area contributed by atoms with Crippen molar-refractivity contribution in [2.24, 2.45) is 0 Å². The fourth-order valence-electron chi connectivity index (χ4n) is 1.49. The van der Waals surface area contributed by atoms with E-state index < -0.39 is 14.8 Å². The van der Waals surface area contributed by atoms with E-state index in [1.807, 2.05) is 0 Å². The number of pyridine rings is 1. The first kappa shape index (κ1) is 15.4. The van der Waals surface area contributed by atoms with E-state index in [9.17, 15) is 18.5 Å². The number of nitro groups is 1. The lowest BCUT2D eigenvalue weighted by atomic mass is 10.3. The first-order chi connectivity index (χ1) is 9.77. The summed E-state index contributed by atoms with van der Waals surface area (Å²) < 4.78 is 28.4. The summed E-state index contributed by atoms with van der Waals surface area (Å²) in [5.74, 6) is 0.0793. The van der Waals surface area contributed by atoms with Crippen LogP contribution >= 0.6 is 15.9 Å². The Morgan fingerprint density at radius 2 is 1.90 bits per heavy atom. The average Bonchev–Trinajstić information content (AvgIpc) is 2.40. The predicted molar refractivity (Wildman–Crippen MR) is 78.2 cm³/mol. The molecule has 1 aromatic heterocycles. The molecule has 7 nitrogen and oxygen atoms in total. The molecule has 9 heteroatoms. The molecule has 21 heavy (non-hydrogen) atoms. The first-order valence-electron chi connectivity index (χ1n) is 5.55. The molecule has 0 N–H and O–H groups in total. The van der Waals surface area contributed by atoms with Crippen molar-refractivity contribution < 1.29 is 18.1 Å². The highest BCUT2D eigenvalue weighted by Crippen LogP contribution is 2.31. The van der Waals surface area contributed by atoms with Crippen molar-refractivity contribution in [2.75, 3.05) is 6.26 Å². The lowest BCUT2D eigenvalue weighted by molar-refractivity contribution is -0.386. The first-order valence-corrected chi connectivity index (χ1v) is 8.24. The molecule has 0 aliphatic rings. The molecule has 0 aliphatic heterocycles. The average molecular weight is 373 g/mol. The van der Waals surface area contributed by atoms with Crippen LogP contribution in [0, 0.1) is 10.1 Å². The zero-order chi connectivity index (χ0) is 15.6. The van der Waals surface area contributed by atoms with Gasteiger partial charge in [-0.3, -0.25) is 10.1 Å². The summed E-state index contributed by atoms with van der Waals surface area (Å²) in [5.41, 5.74) is -0.295. The summed E-state index contributed by atoms with van der Waals surface area (Å²) in [6.07, 6.45) is 2.46. The van der Waals surface area contributed by atoms with Crippen molar-refractivity contribution in [3.63, 3.8) is 0 Å². The molecule has 0 atom stereocenters. The van der Waals surface area contributed by atoms with Gasteiger partial charge in [-0.2, -0.15) is 0 Å². The molecule has 110 valence electrons. The zero-order valence-electron chi connectivity index (χ0n) is 10.7. The van der Waals surface area contributed by atoms with Crippen LogP contribution in [-0.4, -0.2) is 24.6 Å². The Kier molecular flexibility index (Phi) is 4.24. The lowest BCUT2D eigenvalue weighted by Crippen LogP contribution is -1.98. The van der Waals surface area contributed by atoms with Crippen LogP contribution in [0.2, 0.25) is 0 Å². The largest absolute Gasteiger partial charge is 0.434 e. The second-order valence-electron chi connectivity index (χ2n) is 4.08. The van der Waals surface area contributed by atoms with Gasteiger partial charge >= 0.3 is 5.69 Å². The summed E-state index contributed by atoms with van der Waals surface area (Å²) in [6.45, 7) is 0. The highest BCUT2D eigenvalue weighted by Gasteiger charge is 2.18. The smallest absolute Gasteiger partial charge is 0.332 e. The van der Waals surface area contributed by atoms with Gasteiger partial charge in [0.25, 0.3) is 5.88 Å². The van der Waals surface area contributed by atoms with Crippen LogP contribution < -0.4 is 4.74 Å². The van der Waals surface area contributed by atoms with Crippen LogP contribution in [0.4, 0.5) is 5.69 Å². The van der Waals surface area contributed by atoms with Gasteiger partial charge in [0.05, 0.1) is 9.82 Å². The number of aromatic nitrogens is 1. The molecule has 0 saturated heterocycles. The van der Waals surface area contributed by atoms with Crippen LogP contribution in [0.25, 0.3) is 0 Å². The molecule has 2 aromatic rings. The fraction of sp³-hybridized carbons (Fsp3) is 0.0833. The third-order valence-corrected chi connectivity index (χ3v) is 4.02. The third kappa shape index (κ3) is 3.76. The van der Waals surface area contributed by atoms with Gasteiger partial charge in [0, 0.05) is 23.0 Å². The molecule has 0 spiro atoms. The number of nitrogens with zero attached hydrogens (tertiary/aromatic N) is 2. The standard InChI is InChI=1S/C12H9BrN2O5S/c1-21(18,19)10-4-2-9(3-5-10)20-12-11(15(16)17)6-8(13)7-14-12/h2-7H,1H3. The van der Waals surface area contributed by atoms with Crippen LogP contribution in [0.3, 0.4) is 0 Å². The topological polar surface area (TPSA) is 99.4 Å². The summed E-state index contributed by atoms with van der Waals surface area (Å²) in [5, 5.41) is 10.9. The quantitative estimate of drug-likeness (QED) is 0.604. The summed E-state index contributed by atoms with van der Waals surface area (Å²) >= 11 is 3.09. The number of halogens is 1. The summed E-state index contributed by atoms with van der Waals surface area (Å²) in [4.78, 5) is 14.3. The van der Waals surface area contributed by atoms with E-state index in [0.29, 0.717) is 4.47 Å². The molecule has 0 unspecified atom stereocenters. The zero-order valence-corrected chi connectivity index (χ0v) is 13.1. The Bertz CT molecular complexity index is 790. The predicted octanol–water partition coefficient (Wildman–Crippen LogP) is 2.95. The molecule has 1 heterocycles. The Hall–Kier alpha value is -2.00. The van der Waals surface area contributed by atoms with E-state index in [1.54, 1.807) is 0 Å². The minimum absolute atomic E-state index is 0.133. The maximum atomic E-state index is 11.3. The number of benzene rings is 1. The number of hydrogen-bond acceptors (Lipinski definition) is 6. The molecular formula is C12H9BrN2O5S. The van der Waals surface area contributed by atoms with Crippen molar-refractivity contribution in [3.8, 4) is 11.6 Å². The number of rotatable bonds is 4. The fourth-order valence-corrected chi connectivity index (χ4v) is 2.44. The van der Waals surface area contributed by atoms with Crippen molar-refractivity contribution in [1.29, 1.82) is 0 Å². The Morgan fingerprint density at radius 1 is 1.29 bits per heavy atom. The van der Waals surface area contributed by atoms with E-state index in [0.717, 1.165) is 6.26 Å². The highest BCUT2D eigenvalue weighted by atomic mass is 79.9. The Balaban J connectivity index is 2.33. The van der Waals surface area contributed by atoms with Crippen molar-refractivity contribution in [2.45, 2.75) is 4.90 Å². The van der Waals surface area contributed by atoms with Crippen LogP contribution in [-0.2, 0) is 9.84 Å². The minimum atomic E-state index is -3.31. The highest BCUT2D eigenvalue weighted by molar-refractivity contribution is 9.10. The van der Waals surface area contributed by atoms with E-state index in [4.69, 9.17) is 4.74 Å². The molecule has 0 fully saturated rings. The van der Waals surface area contributed by atoms with E-state index in [-0.39, 0.29) is 22.2 Å². The van der Waals surface area contributed by atoms with E-state index in [1.165, 1.54) is 36.5 Å². The summed E-state index contributed by atoms with van der Waals surface area (Å²) in [6, 6.07) is 6.80. The molecular weight excluding hydrogens is 364 g/mol. The molecule has 0 saturated carbocycles. The maximum absolute atomic E-state index is 11.3. The normalized spacial score (nSPS) is 11.1. The van der Waals surface area contributed by atoms with Gasteiger partial charge in [0.15, 0.2) is 9.84 Å². The lowest BCUT2D eigenvalue weighted by Gasteiger charge is -2.06. The van der Waals surface area contributed by atoms with Gasteiger partial charge in [-0.25, -0.2) is 13.4 Å². The second kappa shape index (κ2) is 5.78. The molecule has 0 aliphatic carbocycles. The minimum Gasteiger partial charge on any atom is -0.434 e. The van der Waals surface area contributed by atoms with Crippen LogP contribution in [0.1, 0.15) is 0 Å². The second-order valence-corrected chi connectivity index (χ2v) is 7.01. The van der Waals surface area contributed by atoms with E-state index >= 15 is 0 Å². The number of sulfone groups is 1. The summed E-state index contributed by atoms with van der Waals surface area (Å²) in [7, 11) is -3.31. The van der Waals surface area contributed by atoms with Gasteiger partial charge in [-0.15, -0.1) is 0 Å². The monoisotopic (exact) mass is 372 g/mol. The van der Waals surface area contributed by atoms with Crippen LogP contribution in [0.5, 0.6) is 11.6 Å². The Morgan fingerprint density at radius 3 is 2.43 bits per heavy atom. The van der Waals surface area contributed by atoms with Gasteiger partial charge < -0.3 is 4.74 Å². The van der Waals surface area contributed by atoms with Crippen molar-refractivity contribution >= 4 is 31.5 Å². The maximum Gasteiger partial charge on any atom is 0.332 e. The SMILES string of the molecule is CS(=O)(=O)c1ccc(Oc2ncc(Br)cc2[N+](=O)[O-])cc1.